The van der Waals surface area contributed by atoms with Crippen LogP contribution in [0.25, 0.3) is 0 Å². The first-order valence-electron chi connectivity index (χ1n) is 7.34. The minimum Gasteiger partial charge on any atom is -0.396 e. The van der Waals surface area contributed by atoms with E-state index in [0.717, 1.165) is 18.8 Å². The first kappa shape index (κ1) is 13.2. The summed E-state index contributed by atoms with van der Waals surface area (Å²) in [5.74, 6) is -0.459. The van der Waals surface area contributed by atoms with Gasteiger partial charge in [0.15, 0.2) is 0 Å². The molecule has 0 bridgehead atoms. The van der Waals surface area contributed by atoms with Gasteiger partial charge in [-0.3, -0.25) is 9.69 Å². The van der Waals surface area contributed by atoms with Crippen molar-refractivity contribution in [3.8, 4) is 0 Å². The molecule has 1 aromatic carbocycles. The Morgan fingerprint density at radius 2 is 1.95 bits per heavy atom. The third kappa shape index (κ3) is 2.33. The van der Waals surface area contributed by atoms with Gasteiger partial charge in [-0.05, 0) is 44.5 Å². The second-order valence-electron chi connectivity index (χ2n) is 5.73. The lowest BCUT2D eigenvalue weighted by atomic mass is 10.1. The Morgan fingerprint density at radius 1 is 1.20 bits per heavy atom. The standard InChI is InChI=1S/C15H22N4O/c16-14-12(15(17)20)4-3-5-13(14)19-9-6-11(10-19)18-7-1-2-8-18/h3-5,11H,1-2,6-10,16H2,(H2,17,20). The summed E-state index contributed by atoms with van der Waals surface area (Å²) >= 11 is 0. The number of carbonyl (C=O) groups excluding carboxylic acids is 1. The molecule has 0 saturated carbocycles. The lowest BCUT2D eigenvalue weighted by Gasteiger charge is -2.25. The van der Waals surface area contributed by atoms with Gasteiger partial charge in [-0.25, -0.2) is 0 Å². The first-order valence-corrected chi connectivity index (χ1v) is 7.34. The smallest absolute Gasteiger partial charge is 0.250 e. The third-order valence-corrected chi connectivity index (χ3v) is 4.51. The summed E-state index contributed by atoms with van der Waals surface area (Å²) in [7, 11) is 0. The van der Waals surface area contributed by atoms with E-state index in [4.69, 9.17) is 11.5 Å². The Morgan fingerprint density at radius 3 is 2.65 bits per heavy atom. The quantitative estimate of drug-likeness (QED) is 0.808. The second kappa shape index (κ2) is 5.32. The van der Waals surface area contributed by atoms with Crippen molar-refractivity contribution >= 4 is 17.3 Å². The molecule has 1 amide bonds. The van der Waals surface area contributed by atoms with Crippen LogP contribution in [-0.2, 0) is 0 Å². The van der Waals surface area contributed by atoms with Crippen molar-refractivity contribution in [3.63, 3.8) is 0 Å². The highest BCUT2D eigenvalue weighted by atomic mass is 16.1. The summed E-state index contributed by atoms with van der Waals surface area (Å²) in [6.45, 7) is 4.42. The molecule has 2 heterocycles. The van der Waals surface area contributed by atoms with Crippen LogP contribution < -0.4 is 16.4 Å². The maximum atomic E-state index is 11.4. The zero-order chi connectivity index (χ0) is 14.1. The van der Waals surface area contributed by atoms with E-state index in [1.165, 1.54) is 32.4 Å². The number of amides is 1. The lowest BCUT2D eigenvalue weighted by Crippen LogP contribution is -2.35. The van der Waals surface area contributed by atoms with E-state index in [0.29, 0.717) is 17.3 Å². The SMILES string of the molecule is NC(=O)c1cccc(N2CCC(N3CCCC3)C2)c1N. The number of nitrogens with zero attached hydrogens (tertiary/aromatic N) is 2. The van der Waals surface area contributed by atoms with Gasteiger partial charge in [0.25, 0.3) is 5.91 Å². The van der Waals surface area contributed by atoms with Crippen molar-refractivity contribution < 1.29 is 4.79 Å². The largest absolute Gasteiger partial charge is 0.396 e. The number of likely N-dealkylation sites (tertiary alicyclic amines) is 1. The normalized spacial score (nSPS) is 23.4. The molecule has 0 aliphatic carbocycles. The van der Waals surface area contributed by atoms with Crippen LogP contribution >= 0.6 is 0 Å². The number of anilines is 2. The fraction of sp³-hybridized carbons (Fsp3) is 0.533. The Labute approximate surface area is 119 Å². The van der Waals surface area contributed by atoms with Gasteiger partial charge >= 0.3 is 0 Å². The van der Waals surface area contributed by atoms with Gasteiger partial charge in [0, 0.05) is 19.1 Å². The fourth-order valence-corrected chi connectivity index (χ4v) is 3.41. The zero-order valence-corrected chi connectivity index (χ0v) is 11.7. The Bertz CT molecular complexity index is 511. The summed E-state index contributed by atoms with van der Waals surface area (Å²) in [5.41, 5.74) is 13.4. The van der Waals surface area contributed by atoms with Gasteiger partial charge in [-0.15, -0.1) is 0 Å². The maximum Gasteiger partial charge on any atom is 0.250 e. The number of rotatable bonds is 3. The van der Waals surface area contributed by atoms with Gasteiger partial charge < -0.3 is 16.4 Å². The van der Waals surface area contributed by atoms with Crippen molar-refractivity contribution in [1.29, 1.82) is 0 Å². The Hall–Kier alpha value is -1.75. The van der Waals surface area contributed by atoms with E-state index in [9.17, 15) is 4.79 Å². The summed E-state index contributed by atoms with van der Waals surface area (Å²) in [6, 6.07) is 6.15. The van der Waals surface area contributed by atoms with Crippen LogP contribution in [0.3, 0.4) is 0 Å². The van der Waals surface area contributed by atoms with Crippen molar-refractivity contribution in [3.05, 3.63) is 23.8 Å². The Kier molecular flexibility index (Phi) is 3.53. The summed E-state index contributed by atoms with van der Waals surface area (Å²) < 4.78 is 0. The molecule has 0 spiro atoms. The third-order valence-electron chi connectivity index (χ3n) is 4.51. The summed E-state index contributed by atoms with van der Waals surface area (Å²) in [5, 5.41) is 0. The molecule has 5 nitrogen and oxygen atoms in total. The van der Waals surface area contributed by atoms with Crippen molar-refractivity contribution in [2.45, 2.75) is 25.3 Å². The number of carbonyl (C=O) groups is 1. The molecule has 108 valence electrons. The number of primary amides is 1. The van der Waals surface area contributed by atoms with Crippen LogP contribution in [0.5, 0.6) is 0 Å². The highest BCUT2D eigenvalue weighted by molar-refractivity contribution is 6.00. The van der Waals surface area contributed by atoms with E-state index in [1.807, 2.05) is 12.1 Å². The molecule has 0 aromatic heterocycles. The van der Waals surface area contributed by atoms with Crippen molar-refractivity contribution in [1.82, 2.24) is 4.90 Å². The van der Waals surface area contributed by atoms with Crippen LogP contribution in [-0.4, -0.2) is 43.0 Å². The van der Waals surface area contributed by atoms with E-state index >= 15 is 0 Å². The van der Waals surface area contributed by atoms with E-state index in [2.05, 4.69) is 9.80 Å². The zero-order valence-electron chi connectivity index (χ0n) is 11.7. The highest BCUT2D eigenvalue weighted by Gasteiger charge is 2.30. The summed E-state index contributed by atoms with van der Waals surface area (Å²) in [6.07, 6.45) is 3.80. The molecule has 1 aromatic rings. The van der Waals surface area contributed by atoms with Crippen LogP contribution in [0.4, 0.5) is 11.4 Å². The monoisotopic (exact) mass is 274 g/mol. The van der Waals surface area contributed by atoms with Crippen LogP contribution in [0.2, 0.25) is 0 Å². The van der Waals surface area contributed by atoms with E-state index < -0.39 is 5.91 Å². The van der Waals surface area contributed by atoms with E-state index in [1.54, 1.807) is 6.07 Å². The van der Waals surface area contributed by atoms with Crippen LogP contribution in [0.1, 0.15) is 29.6 Å². The molecule has 20 heavy (non-hydrogen) atoms. The molecule has 3 rings (SSSR count). The molecule has 1 atom stereocenters. The number of para-hydroxylation sites is 1. The maximum absolute atomic E-state index is 11.4. The molecular formula is C15H22N4O. The highest BCUT2D eigenvalue weighted by Crippen LogP contribution is 2.31. The van der Waals surface area contributed by atoms with Gasteiger partial charge in [-0.2, -0.15) is 0 Å². The van der Waals surface area contributed by atoms with Gasteiger partial charge in [0.05, 0.1) is 16.9 Å². The van der Waals surface area contributed by atoms with Crippen LogP contribution in [0.15, 0.2) is 18.2 Å². The molecular weight excluding hydrogens is 252 g/mol. The average molecular weight is 274 g/mol. The summed E-state index contributed by atoms with van der Waals surface area (Å²) in [4.78, 5) is 16.2. The van der Waals surface area contributed by atoms with Crippen molar-refractivity contribution in [2.24, 2.45) is 5.73 Å². The average Bonchev–Trinajstić information content (AvgIpc) is 3.09. The minimum absolute atomic E-state index is 0.423. The van der Waals surface area contributed by atoms with E-state index in [-0.39, 0.29) is 0 Å². The molecule has 2 fully saturated rings. The molecule has 5 heteroatoms. The molecule has 2 aliphatic rings. The number of hydrogen-bond acceptors (Lipinski definition) is 4. The molecule has 0 radical (unpaired) electrons. The molecule has 4 N–H and O–H groups in total. The van der Waals surface area contributed by atoms with Gasteiger partial charge in [0.2, 0.25) is 0 Å². The fourth-order valence-electron chi connectivity index (χ4n) is 3.41. The van der Waals surface area contributed by atoms with Crippen molar-refractivity contribution in [2.75, 3.05) is 36.8 Å². The number of nitrogen functional groups attached to an aromatic ring is 1. The molecule has 1 unspecified atom stereocenters. The van der Waals surface area contributed by atoms with Gasteiger partial charge in [-0.1, -0.05) is 6.07 Å². The molecule has 2 saturated heterocycles. The predicted molar refractivity (Wildman–Crippen MR) is 80.8 cm³/mol. The lowest BCUT2D eigenvalue weighted by molar-refractivity contribution is 0.100. The van der Waals surface area contributed by atoms with Crippen LogP contribution in [0, 0.1) is 0 Å². The molecule has 2 aliphatic heterocycles. The predicted octanol–water partition coefficient (Wildman–Crippen LogP) is 1.04. The number of hydrogen-bond donors (Lipinski definition) is 2. The first-order chi connectivity index (χ1) is 9.66. The number of nitrogens with two attached hydrogens (primary N) is 2. The Balaban J connectivity index is 1.77. The van der Waals surface area contributed by atoms with Gasteiger partial charge in [0.1, 0.15) is 0 Å². The minimum atomic E-state index is -0.459. The number of benzene rings is 1. The topological polar surface area (TPSA) is 75.6 Å². The second-order valence-corrected chi connectivity index (χ2v) is 5.73.